The van der Waals surface area contributed by atoms with E-state index < -0.39 is 27.4 Å². The zero-order valence-electron chi connectivity index (χ0n) is 14.6. The summed E-state index contributed by atoms with van der Waals surface area (Å²) in [6.45, 7) is 4.65. The first-order chi connectivity index (χ1) is 13.2. The van der Waals surface area contributed by atoms with Gasteiger partial charge in [0.1, 0.15) is 0 Å². The van der Waals surface area contributed by atoms with Gasteiger partial charge in [0.2, 0.25) is 5.95 Å². The highest BCUT2D eigenvalue weighted by atomic mass is 35.5. The number of aromatic nitrogens is 3. The Labute approximate surface area is 166 Å². The van der Waals surface area contributed by atoms with Crippen molar-refractivity contribution in [3.63, 3.8) is 0 Å². The third-order valence-corrected chi connectivity index (χ3v) is 5.40. The van der Waals surface area contributed by atoms with Crippen molar-refractivity contribution >= 4 is 35.0 Å². The summed E-state index contributed by atoms with van der Waals surface area (Å²) in [7, 11) is 0. The molecule has 8 nitrogen and oxygen atoms in total. The minimum atomic E-state index is -4.79. The second-order valence-electron chi connectivity index (χ2n) is 5.78. The molecule has 0 N–H and O–H groups in total. The number of ether oxygens (including phenoxy) is 1. The molecule has 0 amide bonds. The largest absolute Gasteiger partial charge is 0.418 e. The van der Waals surface area contributed by atoms with Crippen LogP contribution in [0.3, 0.4) is 0 Å². The third kappa shape index (κ3) is 4.18. The number of rotatable bonds is 5. The fraction of sp³-hybridized carbons (Fsp3) is 0.467. The molecule has 13 heteroatoms. The van der Waals surface area contributed by atoms with Gasteiger partial charge >= 0.3 is 6.18 Å². The van der Waals surface area contributed by atoms with Crippen LogP contribution in [0.25, 0.3) is 0 Å². The first-order valence-corrected chi connectivity index (χ1v) is 9.40. The van der Waals surface area contributed by atoms with Crippen LogP contribution in [0, 0.1) is 10.1 Å². The van der Waals surface area contributed by atoms with E-state index in [1.165, 1.54) is 0 Å². The topological polar surface area (TPSA) is 86.3 Å². The number of anilines is 1. The molecule has 0 bridgehead atoms. The summed E-state index contributed by atoms with van der Waals surface area (Å²) < 4.78 is 46.1. The van der Waals surface area contributed by atoms with Crippen molar-refractivity contribution in [1.82, 2.24) is 14.8 Å². The van der Waals surface area contributed by atoms with E-state index in [1.54, 1.807) is 4.57 Å². The number of benzene rings is 1. The number of alkyl halides is 3. The molecule has 1 aliphatic rings. The number of nitrogens with zero attached hydrogens (tertiary/aromatic N) is 5. The summed E-state index contributed by atoms with van der Waals surface area (Å²) >= 11 is 6.59. The highest BCUT2D eigenvalue weighted by molar-refractivity contribution is 7.99. The number of hydrogen-bond donors (Lipinski definition) is 0. The lowest BCUT2D eigenvalue weighted by atomic mass is 10.2. The van der Waals surface area contributed by atoms with Gasteiger partial charge in [0.15, 0.2) is 5.16 Å². The lowest BCUT2D eigenvalue weighted by molar-refractivity contribution is -0.388. The molecule has 0 unspecified atom stereocenters. The Balaban J connectivity index is 1.98. The second kappa shape index (κ2) is 8.13. The maximum atomic E-state index is 13.0. The SMILES string of the molecule is CCn1c(Sc2cc(Cl)c(C(F)(F)F)cc2[N+](=O)[O-])nnc1N1CCOCC1. The van der Waals surface area contributed by atoms with Gasteiger partial charge in [-0.15, -0.1) is 10.2 Å². The van der Waals surface area contributed by atoms with Crippen molar-refractivity contribution < 1.29 is 22.8 Å². The molecular weight excluding hydrogens is 423 g/mol. The molecule has 1 saturated heterocycles. The van der Waals surface area contributed by atoms with Gasteiger partial charge in [0.25, 0.3) is 5.69 Å². The van der Waals surface area contributed by atoms with Crippen LogP contribution in [0.2, 0.25) is 5.02 Å². The molecule has 0 atom stereocenters. The fourth-order valence-electron chi connectivity index (χ4n) is 2.71. The van der Waals surface area contributed by atoms with Crippen LogP contribution < -0.4 is 4.90 Å². The predicted molar refractivity (Wildman–Crippen MR) is 96.0 cm³/mol. The summed E-state index contributed by atoms with van der Waals surface area (Å²) in [5.74, 6) is 0.578. The molecule has 152 valence electrons. The van der Waals surface area contributed by atoms with Crippen LogP contribution in [-0.2, 0) is 17.5 Å². The highest BCUT2D eigenvalue weighted by Gasteiger charge is 2.36. The zero-order chi connectivity index (χ0) is 20.5. The van der Waals surface area contributed by atoms with Crippen LogP contribution in [-0.4, -0.2) is 46.0 Å². The van der Waals surface area contributed by atoms with Gasteiger partial charge in [-0.25, -0.2) is 0 Å². The van der Waals surface area contributed by atoms with Gasteiger partial charge in [0, 0.05) is 25.7 Å². The zero-order valence-corrected chi connectivity index (χ0v) is 16.1. The molecule has 0 saturated carbocycles. The first kappa shape index (κ1) is 20.7. The first-order valence-electron chi connectivity index (χ1n) is 8.21. The van der Waals surface area contributed by atoms with E-state index in [-0.39, 0.29) is 4.90 Å². The molecule has 1 aromatic carbocycles. The maximum Gasteiger partial charge on any atom is 0.418 e. The Morgan fingerprint density at radius 3 is 2.57 bits per heavy atom. The maximum absolute atomic E-state index is 13.0. The third-order valence-electron chi connectivity index (χ3n) is 4.06. The average molecular weight is 438 g/mol. The van der Waals surface area contributed by atoms with Crippen LogP contribution in [0.5, 0.6) is 0 Å². The van der Waals surface area contributed by atoms with Gasteiger partial charge in [-0.1, -0.05) is 11.6 Å². The van der Waals surface area contributed by atoms with Crippen molar-refractivity contribution in [2.24, 2.45) is 0 Å². The molecule has 1 aromatic heterocycles. The number of nitro groups is 1. The number of halogens is 4. The Hall–Kier alpha value is -2.05. The van der Waals surface area contributed by atoms with Gasteiger partial charge in [-0.3, -0.25) is 14.7 Å². The van der Waals surface area contributed by atoms with Crippen LogP contribution >= 0.6 is 23.4 Å². The summed E-state index contributed by atoms with van der Waals surface area (Å²) in [4.78, 5) is 12.4. The second-order valence-corrected chi connectivity index (χ2v) is 7.20. The van der Waals surface area contributed by atoms with Crippen molar-refractivity contribution in [2.45, 2.75) is 29.7 Å². The Morgan fingerprint density at radius 1 is 1.32 bits per heavy atom. The van der Waals surface area contributed by atoms with Crippen molar-refractivity contribution in [3.05, 3.63) is 32.8 Å². The molecule has 2 heterocycles. The number of morpholine rings is 1. The van der Waals surface area contributed by atoms with Crippen LogP contribution in [0.4, 0.5) is 24.8 Å². The number of hydrogen-bond acceptors (Lipinski definition) is 7. The normalized spacial score (nSPS) is 15.1. The predicted octanol–water partition coefficient (Wildman–Crippen LogP) is 3.87. The van der Waals surface area contributed by atoms with E-state index in [0.29, 0.717) is 50.0 Å². The lowest BCUT2D eigenvalue weighted by Crippen LogP contribution is -2.38. The van der Waals surface area contributed by atoms with Gasteiger partial charge in [-0.05, 0) is 24.8 Å². The molecule has 0 radical (unpaired) electrons. The van der Waals surface area contributed by atoms with Gasteiger partial charge in [-0.2, -0.15) is 13.2 Å². The monoisotopic (exact) mass is 437 g/mol. The summed E-state index contributed by atoms with van der Waals surface area (Å²) in [6, 6.07) is 1.39. The number of nitro benzene ring substituents is 1. The molecule has 0 spiro atoms. The van der Waals surface area contributed by atoms with Gasteiger partial charge < -0.3 is 9.64 Å². The molecule has 3 rings (SSSR count). The molecular formula is C15H15ClF3N5O3S. The molecule has 2 aromatic rings. The van der Waals surface area contributed by atoms with Crippen molar-refractivity contribution in [2.75, 3.05) is 31.2 Å². The van der Waals surface area contributed by atoms with Crippen LogP contribution in [0.15, 0.2) is 22.2 Å². The Morgan fingerprint density at radius 2 is 2.00 bits per heavy atom. The van der Waals surface area contributed by atoms with E-state index in [4.69, 9.17) is 16.3 Å². The molecule has 1 fully saturated rings. The minimum absolute atomic E-state index is 0.0429. The van der Waals surface area contributed by atoms with Gasteiger partial charge in [0.05, 0.1) is 33.6 Å². The minimum Gasteiger partial charge on any atom is -0.378 e. The molecule has 0 aliphatic carbocycles. The molecule has 28 heavy (non-hydrogen) atoms. The smallest absolute Gasteiger partial charge is 0.378 e. The highest BCUT2D eigenvalue weighted by Crippen LogP contribution is 2.43. The average Bonchev–Trinajstić information content (AvgIpc) is 3.03. The van der Waals surface area contributed by atoms with E-state index >= 15 is 0 Å². The van der Waals surface area contributed by atoms with E-state index in [0.717, 1.165) is 17.8 Å². The quantitative estimate of drug-likeness (QED) is 0.518. The van der Waals surface area contributed by atoms with E-state index in [9.17, 15) is 23.3 Å². The van der Waals surface area contributed by atoms with Crippen LogP contribution in [0.1, 0.15) is 12.5 Å². The van der Waals surface area contributed by atoms with Crippen molar-refractivity contribution in [3.8, 4) is 0 Å². The lowest BCUT2D eigenvalue weighted by Gasteiger charge is -2.27. The molecule has 1 aliphatic heterocycles. The summed E-state index contributed by atoms with van der Waals surface area (Å²) in [5.41, 5.74) is -1.95. The standard InChI is InChI=1S/C15H15ClF3N5O3S/c1-2-23-13(22-3-5-27-6-4-22)20-21-14(23)28-12-8-10(16)9(15(17,18)19)7-11(12)24(25)26/h7-8H,2-6H2,1H3. The fourth-order valence-corrected chi connectivity index (χ4v) is 4.06. The Bertz CT molecular complexity index is 887. The van der Waals surface area contributed by atoms with E-state index in [1.807, 2.05) is 11.8 Å². The summed E-state index contributed by atoms with van der Waals surface area (Å²) in [6.07, 6.45) is -4.79. The summed E-state index contributed by atoms with van der Waals surface area (Å²) in [5, 5.41) is 19.2. The Kier molecular flexibility index (Phi) is 6.01. The van der Waals surface area contributed by atoms with E-state index in [2.05, 4.69) is 10.2 Å². The van der Waals surface area contributed by atoms with Crippen molar-refractivity contribution in [1.29, 1.82) is 0 Å².